The number of halogens is 1. The van der Waals surface area contributed by atoms with Crippen LogP contribution >= 0.6 is 0 Å². The third kappa shape index (κ3) is 3.69. The molecule has 0 aromatic heterocycles. The Bertz CT molecular complexity index is 977. The fraction of sp³-hybridized carbons (Fsp3) is 0.350. The highest BCUT2D eigenvalue weighted by Crippen LogP contribution is 2.44. The van der Waals surface area contributed by atoms with Crippen molar-refractivity contribution >= 4 is 21.6 Å². The Labute approximate surface area is 158 Å². The fourth-order valence-corrected chi connectivity index (χ4v) is 5.34. The number of nitrogens with one attached hydrogen (secondary N) is 2. The number of hydrogen-bond acceptors (Lipinski definition) is 3. The van der Waals surface area contributed by atoms with Crippen LogP contribution in [0.5, 0.6) is 0 Å². The molecule has 5 nitrogen and oxygen atoms in total. The number of anilines is 1. The van der Waals surface area contributed by atoms with Crippen molar-refractivity contribution in [3.63, 3.8) is 0 Å². The molecule has 2 aromatic carbocycles. The first-order valence-electron chi connectivity index (χ1n) is 9.10. The third-order valence-electron chi connectivity index (χ3n) is 5.58. The Hall–Kier alpha value is -2.41. The van der Waals surface area contributed by atoms with Crippen LogP contribution in [0.25, 0.3) is 0 Å². The predicted molar refractivity (Wildman–Crippen MR) is 100 cm³/mol. The summed E-state index contributed by atoms with van der Waals surface area (Å²) < 4.78 is 41.1. The van der Waals surface area contributed by atoms with E-state index >= 15 is 0 Å². The minimum Gasteiger partial charge on any atom is -0.349 e. The molecule has 2 aromatic rings. The Morgan fingerprint density at radius 3 is 2.56 bits per heavy atom. The number of fused-ring (bicyclic) bond motifs is 2. The smallest absolute Gasteiger partial charge is 0.262 e. The van der Waals surface area contributed by atoms with Crippen LogP contribution in [0.3, 0.4) is 0 Å². The molecule has 2 aliphatic carbocycles. The molecule has 0 aliphatic heterocycles. The van der Waals surface area contributed by atoms with Gasteiger partial charge in [0.2, 0.25) is 0 Å². The zero-order valence-corrected chi connectivity index (χ0v) is 15.5. The molecule has 142 valence electrons. The van der Waals surface area contributed by atoms with E-state index in [9.17, 15) is 17.6 Å². The van der Waals surface area contributed by atoms with Gasteiger partial charge in [-0.15, -0.1) is 0 Å². The molecule has 2 aliphatic rings. The standard InChI is InChI=1S/C20H21FN2O3S/c21-17-6-1-2-7-18(17)23-27(25,26)16-5-3-4-15(12-16)20(24)22-19-11-13-8-9-14(19)10-13/h1-7,12-14,19,23H,8-11H2,(H,22,24)/t13-,14-,19-/m1/s1. The summed E-state index contributed by atoms with van der Waals surface area (Å²) in [4.78, 5) is 12.5. The van der Waals surface area contributed by atoms with Crippen LogP contribution in [0.15, 0.2) is 53.4 Å². The minimum atomic E-state index is -4.00. The molecule has 2 bridgehead atoms. The van der Waals surface area contributed by atoms with Crippen molar-refractivity contribution in [3.05, 3.63) is 59.9 Å². The molecule has 3 atom stereocenters. The maximum absolute atomic E-state index is 13.8. The van der Waals surface area contributed by atoms with Crippen LogP contribution in [-0.2, 0) is 10.0 Å². The Morgan fingerprint density at radius 1 is 1.04 bits per heavy atom. The lowest BCUT2D eigenvalue weighted by atomic mass is 9.95. The number of hydrogen-bond donors (Lipinski definition) is 2. The molecule has 2 saturated carbocycles. The maximum Gasteiger partial charge on any atom is 0.262 e. The van der Waals surface area contributed by atoms with Gasteiger partial charge in [0.25, 0.3) is 15.9 Å². The number of rotatable bonds is 5. The van der Waals surface area contributed by atoms with Gasteiger partial charge >= 0.3 is 0 Å². The fourth-order valence-electron chi connectivity index (χ4n) is 4.23. The van der Waals surface area contributed by atoms with Crippen molar-refractivity contribution in [3.8, 4) is 0 Å². The summed E-state index contributed by atoms with van der Waals surface area (Å²) in [6, 6.07) is 11.5. The van der Waals surface area contributed by atoms with Crippen molar-refractivity contribution in [2.45, 2.75) is 36.6 Å². The van der Waals surface area contributed by atoms with E-state index in [-0.39, 0.29) is 28.1 Å². The first kappa shape index (κ1) is 18.0. The second kappa shape index (κ2) is 6.96. The van der Waals surface area contributed by atoms with E-state index < -0.39 is 15.8 Å². The highest BCUT2D eigenvalue weighted by atomic mass is 32.2. The zero-order chi connectivity index (χ0) is 19.0. The first-order valence-corrected chi connectivity index (χ1v) is 10.6. The van der Waals surface area contributed by atoms with Gasteiger partial charge in [-0.1, -0.05) is 24.6 Å². The zero-order valence-electron chi connectivity index (χ0n) is 14.7. The van der Waals surface area contributed by atoms with Crippen molar-refractivity contribution in [2.24, 2.45) is 11.8 Å². The van der Waals surface area contributed by atoms with Crippen molar-refractivity contribution in [1.82, 2.24) is 5.32 Å². The lowest BCUT2D eigenvalue weighted by molar-refractivity contribution is 0.0922. The van der Waals surface area contributed by atoms with E-state index in [1.54, 1.807) is 12.1 Å². The first-order chi connectivity index (χ1) is 12.9. The third-order valence-corrected chi connectivity index (χ3v) is 6.94. The molecule has 0 spiro atoms. The average Bonchev–Trinajstić information content (AvgIpc) is 3.27. The van der Waals surface area contributed by atoms with Gasteiger partial charge < -0.3 is 5.32 Å². The van der Waals surface area contributed by atoms with Crippen LogP contribution in [0.1, 0.15) is 36.0 Å². The van der Waals surface area contributed by atoms with E-state index in [1.807, 2.05) is 0 Å². The number of carbonyl (C=O) groups is 1. The lowest BCUT2D eigenvalue weighted by Crippen LogP contribution is -2.38. The average molecular weight is 388 g/mol. The van der Waals surface area contributed by atoms with Gasteiger partial charge in [-0.2, -0.15) is 0 Å². The number of amides is 1. The summed E-state index contributed by atoms with van der Waals surface area (Å²) in [5.74, 6) is 0.312. The van der Waals surface area contributed by atoms with Crippen molar-refractivity contribution in [2.75, 3.05) is 4.72 Å². The molecule has 1 amide bonds. The van der Waals surface area contributed by atoms with Gasteiger partial charge in [0, 0.05) is 11.6 Å². The molecule has 27 heavy (non-hydrogen) atoms. The van der Waals surface area contributed by atoms with Crippen LogP contribution in [0, 0.1) is 17.7 Å². The lowest BCUT2D eigenvalue weighted by Gasteiger charge is -2.23. The molecule has 0 radical (unpaired) electrons. The Balaban J connectivity index is 1.51. The predicted octanol–water partition coefficient (Wildman–Crippen LogP) is 3.54. The summed E-state index contributed by atoms with van der Waals surface area (Å²) >= 11 is 0. The van der Waals surface area contributed by atoms with Crippen LogP contribution in [-0.4, -0.2) is 20.4 Å². The summed E-state index contributed by atoms with van der Waals surface area (Å²) in [6.45, 7) is 0. The van der Waals surface area contributed by atoms with Crippen molar-refractivity contribution in [1.29, 1.82) is 0 Å². The van der Waals surface area contributed by atoms with Gasteiger partial charge in [0.15, 0.2) is 0 Å². The molecule has 0 unspecified atom stereocenters. The van der Waals surface area contributed by atoms with Crippen LogP contribution < -0.4 is 10.0 Å². The van der Waals surface area contributed by atoms with Gasteiger partial charge in [-0.3, -0.25) is 9.52 Å². The maximum atomic E-state index is 13.8. The van der Waals surface area contributed by atoms with Crippen LogP contribution in [0.4, 0.5) is 10.1 Å². The monoisotopic (exact) mass is 388 g/mol. The van der Waals surface area contributed by atoms with E-state index in [1.165, 1.54) is 49.2 Å². The highest BCUT2D eigenvalue weighted by Gasteiger charge is 2.40. The number of carbonyl (C=O) groups excluding carboxylic acids is 1. The SMILES string of the molecule is O=C(N[C@@H]1C[C@@H]2CC[C@@H]1C2)c1cccc(S(=O)(=O)Nc2ccccc2F)c1. The minimum absolute atomic E-state index is 0.0775. The molecule has 7 heteroatoms. The second-order valence-electron chi connectivity index (χ2n) is 7.37. The Kier molecular flexibility index (Phi) is 4.63. The molecule has 0 heterocycles. The number of sulfonamides is 1. The molecule has 2 N–H and O–H groups in total. The molecular formula is C20H21FN2O3S. The molecular weight excluding hydrogens is 367 g/mol. The van der Waals surface area contributed by atoms with Gasteiger partial charge in [-0.05, 0) is 61.4 Å². The molecule has 4 rings (SSSR count). The second-order valence-corrected chi connectivity index (χ2v) is 9.05. The summed E-state index contributed by atoms with van der Waals surface area (Å²) in [6.07, 6.45) is 4.57. The summed E-state index contributed by atoms with van der Waals surface area (Å²) in [7, 11) is -4.00. The van der Waals surface area contributed by atoms with Crippen LogP contribution in [0.2, 0.25) is 0 Å². The number of para-hydroxylation sites is 1. The molecule has 2 fully saturated rings. The van der Waals surface area contributed by atoms with Gasteiger partial charge in [-0.25, -0.2) is 12.8 Å². The molecule has 0 saturated heterocycles. The van der Waals surface area contributed by atoms with Gasteiger partial charge in [0.05, 0.1) is 10.6 Å². The normalized spacial score (nSPS) is 24.0. The summed E-state index contributed by atoms with van der Waals surface area (Å²) in [5, 5.41) is 3.05. The largest absolute Gasteiger partial charge is 0.349 e. The topological polar surface area (TPSA) is 75.3 Å². The quantitative estimate of drug-likeness (QED) is 0.823. The van der Waals surface area contributed by atoms with Crippen molar-refractivity contribution < 1.29 is 17.6 Å². The van der Waals surface area contributed by atoms with E-state index in [0.717, 1.165) is 12.8 Å². The van der Waals surface area contributed by atoms with Gasteiger partial charge in [0.1, 0.15) is 5.82 Å². The number of benzene rings is 2. The summed E-state index contributed by atoms with van der Waals surface area (Å²) in [5.41, 5.74) is 0.156. The van der Waals surface area contributed by atoms with E-state index in [0.29, 0.717) is 11.8 Å². The van der Waals surface area contributed by atoms with E-state index in [4.69, 9.17) is 0 Å². The highest BCUT2D eigenvalue weighted by molar-refractivity contribution is 7.92. The van der Waals surface area contributed by atoms with E-state index in [2.05, 4.69) is 10.0 Å². The Morgan fingerprint density at radius 2 is 1.85 bits per heavy atom.